The highest BCUT2D eigenvalue weighted by atomic mass is 16.5. The molecule has 1 aromatic heterocycles. The van der Waals surface area contributed by atoms with Gasteiger partial charge in [0, 0.05) is 6.20 Å². The van der Waals surface area contributed by atoms with E-state index in [1.54, 1.807) is 30.5 Å². The van der Waals surface area contributed by atoms with Crippen molar-refractivity contribution in [1.29, 1.82) is 0 Å². The van der Waals surface area contributed by atoms with Crippen LogP contribution in [0.5, 0.6) is 0 Å². The Morgan fingerprint density at radius 2 is 2.12 bits per heavy atom. The number of hydroxylamine groups is 2. The Bertz CT molecular complexity index is 589. The molecule has 17 heavy (non-hydrogen) atoms. The van der Waals surface area contributed by atoms with E-state index in [0.29, 0.717) is 11.3 Å². The number of allylic oxidation sites excluding steroid dienone is 2. The summed E-state index contributed by atoms with van der Waals surface area (Å²) in [5.41, 5.74) is 1.02. The van der Waals surface area contributed by atoms with E-state index in [9.17, 15) is 14.8 Å². The van der Waals surface area contributed by atoms with Crippen LogP contribution in [0.15, 0.2) is 42.3 Å². The average molecular weight is 229 g/mol. The van der Waals surface area contributed by atoms with Crippen molar-refractivity contribution in [1.82, 2.24) is 4.98 Å². The highest BCUT2D eigenvalue weighted by Crippen LogP contribution is 2.29. The third-order valence-corrected chi connectivity index (χ3v) is 2.97. The molecule has 0 aromatic carbocycles. The summed E-state index contributed by atoms with van der Waals surface area (Å²) < 4.78 is 0. The Labute approximate surface area is 96.6 Å². The quantitative estimate of drug-likeness (QED) is 0.595. The Morgan fingerprint density at radius 1 is 1.29 bits per heavy atom. The molecule has 2 N–H and O–H groups in total. The van der Waals surface area contributed by atoms with Crippen molar-refractivity contribution in [2.75, 3.05) is 0 Å². The molecule has 84 valence electrons. The average Bonchev–Trinajstić information content (AvgIpc) is 2.36. The van der Waals surface area contributed by atoms with Gasteiger partial charge in [0.1, 0.15) is 11.9 Å². The first-order valence-corrected chi connectivity index (χ1v) is 5.18. The van der Waals surface area contributed by atoms with Crippen molar-refractivity contribution < 1.29 is 19.9 Å². The van der Waals surface area contributed by atoms with E-state index < -0.39 is 17.6 Å². The zero-order valence-corrected chi connectivity index (χ0v) is 8.75. The summed E-state index contributed by atoms with van der Waals surface area (Å²) in [5, 5.41) is 9.89. The van der Waals surface area contributed by atoms with Crippen LogP contribution >= 0.6 is 0 Å². The predicted molar refractivity (Wildman–Crippen MR) is 56.3 cm³/mol. The minimum absolute atomic E-state index is 0.0447. The van der Waals surface area contributed by atoms with Gasteiger partial charge in [0.25, 0.3) is 0 Å². The van der Waals surface area contributed by atoms with Crippen LogP contribution in [0.2, 0.25) is 0 Å². The van der Waals surface area contributed by atoms with Crippen LogP contribution in [0, 0.1) is 0 Å². The van der Waals surface area contributed by atoms with Gasteiger partial charge in [-0.15, -0.1) is 0 Å². The normalized spacial score (nSPS) is 26.3. The van der Waals surface area contributed by atoms with Gasteiger partial charge < -0.3 is 0 Å². The molecule has 0 bridgehead atoms. The maximum absolute atomic E-state index is 11.9. The summed E-state index contributed by atoms with van der Waals surface area (Å²) in [6.45, 7) is 0. The molecule has 0 saturated carbocycles. The Kier molecular flexibility index (Phi) is 2.04. The van der Waals surface area contributed by atoms with Gasteiger partial charge >= 0.3 is 0 Å². The standard InChI is InChI=1S/C12H8N2O3/c15-11-7-3-1-5-13-9(7)10-8(12(11)16)4-2-6-14(10)17/h1-6,10,17H/p+1. The molecule has 0 fully saturated rings. The Balaban J connectivity index is 2.28. The largest absolute Gasteiger partial charge is 0.285 e. The van der Waals surface area contributed by atoms with E-state index in [4.69, 9.17) is 0 Å². The minimum Gasteiger partial charge on any atom is -0.285 e. The summed E-state index contributed by atoms with van der Waals surface area (Å²) >= 11 is 0. The van der Waals surface area contributed by atoms with Crippen LogP contribution in [-0.2, 0) is 4.79 Å². The Hall–Kier alpha value is -2.11. The molecule has 0 spiro atoms. The van der Waals surface area contributed by atoms with Gasteiger partial charge in [0.05, 0.1) is 11.1 Å². The van der Waals surface area contributed by atoms with Crippen LogP contribution in [0.4, 0.5) is 0 Å². The molecule has 2 unspecified atom stereocenters. The lowest BCUT2D eigenvalue weighted by atomic mass is 9.84. The lowest BCUT2D eigenvalue weighted by Crippen LogP contribution is -3.06. The van der Waals surface area contributed by atoms with Crippen LogP contribution in [0.1, 0.15) is 22.1 Å². The van der Waals surface area contributed by atoms with Gasteiger partial charge in [-0.3, -0.25) is 14.6 Å². The van der Waals surface area contributed by atoms with Crippen LogP contribution in [0.3, 0.4) is 0 Å². The lowest BCUT2D eigenvalue weighted by Gasteiger charge is -2.27. The summed E-state index contributed by atoms with van der Waals surface area (Å²) in [7, 11) is 0. The molecule has 1 aliphatic heterocycles. The van der Waals surface area contributed by atoms with Gasteiger partial charge in [-0.2, -0.15) is 5.06 Å². The number of pyridine rings is 1. The van der Waals surface area contributed by atoms with E-state index in [-0.39, 0.29) is 10.6 Å². The highest BCUT2D eigenvalue weighted by Gasteiger charge is 2.43. The van der Waals surface area contributed by atoms with Crippen molar-refractivity contribution in [3.63, 3.8) is 0 Å². The number of Topliss-reactive ketones (excluding diaryl/α,β-unsaturated/α-hetero) is 2. The molecular weight excluding hydrogens is 220 g/mol. The van der Waals surface area contributed by atoms with Crippen molar-refractivity contribution in [3.05, 3.63) is 53.5 Å². The minimum atomic E-state index is -0.596. The number of aromatic nitrogens is 1. The smallest absolute Gasteiger partial charge is 0.236 e. The van der Waals surface area contributed by atoms with Crippen LogP contribution in [0.25, 0.3) is 0 Å². The molecule has 1 aromatic rings. The topological polar surface area (TPSA) is 71.7 Å². The van der Waals surface area contributed by atoms with Gasteiger partial charge in [0.15, 0.2) is 6.04 Å². The van der Waals surface area contributed by atoms with Gasteiger partial charge in [-0.1, -0.05) is 0 Å². The zero-order valence-electron chi connectivity index (χ0n) is 8.75. The number of quaternary nitrogens is 1. The number of ketones is 2. The van der Waals surface area contributed by atoms with Gasteiger partial charge in [-0.25, -0.2) is 5.21 Å². The first-order chi connectivity index (χ1) is 8.20. The fourth-order valence-corrected chi connectivity index (χ4v) is 2.19. The highest BCUT2D eigenvalue weighted by molar-refractivity contribution is 6.50. The van der Waals surface area contributed by atoms with Crippen molar-refractivity contribution in [2.24, 2.45) is 0 Å². The van der Waals surface area contributed by atoms with E-state index in [1.807, 2.05) is 0 Å². The van der Waals surface area contributed by atoms with Crippen molar-refractivity contribution in [3.8, 4) is 0 Å². The molecule has 0 radical (unpaired) electrons. The summed E-state index contributed by atoms with van der Waals surface area (Å²) in [5.74, 6) is -1.12. The summed E-state index contributed by atoms with van der Waals surface area (Å²) in [6.07, 6.45) is 6.17. The monoisotopic (exact) mass is 229 g/mol. The van der Waals surface area contributed by atoms with E-state index >= 15 is 0 Å². The second kappa shape index (κ2) is 3.44. The molecule has 5 nitrogen and oxygen atoms in total. The molecule has 2 aliphatic rings. The molecule has 2 atom stereocenters. The van der Waals surface area contributed by atoms with E-state index in [2.05, 4.69) is 4.98 Å². The first-order valence-electron chi connectivity index (χ1n) is 5.18. The van der Waals surface area contributed by atoms with Crippen molar-refractivity contribution >= 4 is 11.6 Å². The molecule has 0 saturated heterocycles. The van der Waals surface area contributed by atoms with Crippen LogP contribution < -0.4 is 5.06 Å². The SMILES string of the molecule is O=C1C(=O)c2cccnc2C2C1=CC=C[NH+]2O. The third-order valence-electron chi connectivity index (χ3n) is 2.97. The van der Waals surface area contributed by atoms with E-state index in [0.717, 1.165) is 0 Å². The maximum Gasteiger partial charge on any atom is 0.236 e. The molecule has 0 amide bonds. The Morgan fingerprint density at radius 3 is 2.94 bits per heavy atom. The number of carbonyl (C=O) groups excluding carboxylic acids is 2. The van der Waals surface area contributed by atoms with E-state index in [1.165, 1.54) is 6.20 Å². The molecule has 3 rings (SSSR count). The summed E-state index contributed by atoms with van der Waals surface area (Å²) in [6, 6.07) is 2.57. The number of nitrogens with one attached hydrogen (secondary N) is 1. The van der Waals surface area contributed by atoms with Gasteiger partial charge in [0.2, 0.25) is 11.6 Å². The zero-order chi connectivity index (χ0) is 12.0. The number of carbonyl (C=O) groups is 2. The van der Waals surface area contributed by atoms with Gasteiger partial charge in [-0.05, 0) is 24.3 Å². The summed E-state index contributed by atoms with van der Waals surface area (Å²) in [4.78, 5) is 27.8. The number of rotatable bonds is 0. The maximum atomic E-state index is 11.9. The predicted octanol–water partition coefficient (Wildman–Crippen LogP) is -0.384. The van der Waals surface area contributed by atoms with Crippen LogP contribution in [-0.4, -0.2) is 21.8 Å². The molecular formula is C12H9N2O3+. The lowest BCUT2D eigenvalue weighted by molar-refractivity contribution is -1.07. The number of hydrogen-bond donors (Lipinski definition) is 2. The molecule has 5 heteroatoms. The van der Waals surface area contributed by atoms with Crippen molar-refractivity contribution in [2.45, 2.75) is 6.04 Å². The third kappa shape index (κ3) is 1.30. The number of hydrogen-bond acceptors (Lipinski definition) is 4. The second-order valence-corrected chi connectivity index (χ2v) is 3.93. The fraction of sp³-hybridized carbons (Fsp3) is 0.0833. The fourth-order valence-electron chi connectivity index (χ4n) is 2.19. The number of fused-ring (bicyclic) bond motifs is 3. The molecule has 1 aliphatic carbocycles. The second-order valence-electron chi connectivity index (χ2n) is 3.93. The first kappa shape index (κ1) is 10.1. The number of nitrogens with zero attached hydrogens (tertiary/aromatic N) is 1. The molecule has 2 heterocycles.